The van der Waals surface area contributed by atoms with Crippen LogP contribution in [0.1, 0.15) is 24.1 Å². The quantitative estimate of drug-likeness (QED) is 0.304. The molecule has 37 heavy (non-hydrogen) atoms. The molecular weight excluding hydrogens is 464 g/mol. The summed E-state index contributed by atoms with van der Waals surface area (Å²) in [4.78, 5) is 13.8. The van der Waals surface area contributed by atoms with Crippen LogP contribution in [-0.2, 0) is 9.53 Å². The van der Waals surface area contributed by atoms with Crippen LogP contribution in [0.25, 0.3) is 10.8 Å². The van der Waals surface area contributed by atoms with E-state index in [1.807, 2.05) is 37.3 Å². The first kappa shape index (κ1) is 24.7. The number of para-hydroxylation sites is 2. The predicted octanol–water partition coefficient (Wildman–Crippen LogP) is 5.95. The largest absolute Gasteiger partial charge is 0.485 e. The molecule has 0 aliphatic carbocycles. The molecular formula is C31H32N2O4. The number of nitrogens with zero attached hydrogens (tertiary/aromatic N) is 1. The van der Waals surface area contributed by atoms with Gasteiger partial charge in [0.15, 0.2) is 6.61 Å². The molecule has 0 spiro atoms. The van der Waals surface area contributed by atoms with Gasteiger partial charge in [-0.3, -0.25) is 0 Å². The van der Waals surface area contributed by atoms with Crippen molar-refractivity contribution in [2.45, 2.75) is 26.0 Å². The SMILES string of the molecule is COC(=O)COc1ccc(N2CC(CN[C@H](C)c3cccc4ccccc34)Oc3ccccc32)cc1C. The van der Waals surface area contributed by atoms with Crippen molar-refractivity contribution in [1.82, 2.24) is 5.32 Å². The zero-order valence-electron chi connectivity index (χ0n) is 21.4. The third-order valence-corrected chi connectivity index (χ3v) is 6.82. The minimum atomic E-state index is -0.404. The Morgan fingerprint density at radius 2 is 1.84 bits per heavy atom. The Labute approximate surface area is 217 Å². The Balaban J connectivity index is 1.33. The number of ether oxygens (including phenoxy) is 3. The molecule has 4 aromatic rings. The van der Waals surface area contributed by atoms with E-state index < -0.39 is 5.97 Å². The number of nitrogens with one attached hydrogen (secondary N) is 1. The standard InChI is InChI=1S/C31H32N2O4/c1-21-17-24(15-16-29(21)36-20-31(34)35-3)33-19-25(37-30-14-7-6-13-28(30)33)18-32-22(2)26-12-8-10-23-9-4-5-11-27(23)26/h4-17,22,25,32H,18-20H2,1-3H3/t22-,25?/m1/s1. The first-order valence-corrected chi connectivity index (χ1v) is 12.6. The summed E-state index contributed by atoms with van der Waals surface area (Å²) >= 11 is 0. The zero-order valence-corrected chi connectivity index (χ0v) is 21.4. The highest BCUT2D eigenvalue weighted by molar-refractivity contribution is 5.86. The topological polar surface area (TPSA) is 60.0 Å². The molecule has 0 radical (unpaired) electrons. The van der Waals surface area contributed by atoms with E-state index in [9.17, 15) is 4.79 Å². The Kier molecular flexibility index (Phi) is 7.28. The van der Waals surface area contributed by atoms with E-state index in [0.29, 0.717) is 18.8 Å². The number of hydrogen-bond acceptors (Lipinski definition) is 6. The van der Waals surface area contributed by atoms with Crippen LogP contribution < -0.4 is 19.7 Å². The lowest BCUT2D eigenvalue weighted by Gasteiger charge is -2.37. The van der Waals surface area contributed by atoms with Crippen LogP contribution >= 0.6 is 0 Å². The van der Waals surface area contributed by atoms with Gasteiger partial charge in [0, 0.05) is 18.3 Å². The third-order valence-electron chi connectivity index (χ3n) is 6.82. The van der Waals surface area contributed by atoms with Gasteiger partial charge in [-0.05, 0) is 66.1 Å². The van der Waals surface area contributed by atoms with Crippen LogP contribution in [0.3, 0.4) is 0 Å². The Hall–Kier alpha value is -4.03. The van der Waals surface area contributed by atoms with E-state index in [-0.39, 0.29) is 18.8 Å². The Morgan fingerprint density at radius 1 is 1.05 bits per heavy atom. The summed E-state index contributed by atoms with van der Waals surface area (Å²) in [5.41, 5.74) is 4.31. The van der Waals surface area contributed by atoms with E-state index in [1.165, 1.54) is 23.4 Å². The number of hydrogen-bond donors (Lipinski definition) is 1. The summed E-state index contributed by atoms with van der Waals surface area (Å²) < 4.78 is 16.7. The predicted molar refractivity (Wildman–Crippen MR) is 147 cm³/mol. The minimum Gasteiger partial charge on any atom is -0.485 e. The van der Waals surface area contributed by atoms with Crippen LogP contribution in [0.4, 0.5) is 11.4 Å². The normalized spacial score (nSPS) is 15.5. The first-order chi connectivity index (χ1) is 18.0. The summed E-state index contributed by atoms with van der Waals surface area (Å²) in [5, 5.41) is 6.22. The molecule has 0 fully saturated rings. The molecule has 4 aromatic carbocycles. The number of carbonyl (C=O) groups excluding carboxylic acids is 1. The number of rotatable bonds is 8. The summed E-state index contributed by atoms with van der Waals surface area (Å²) in [7, 11) is 1.35. The number of carbonyl (C=O) groups is 1. The molecule has 1 heterocycles. The lowest BCUT2D eigenvalue weighted by atomic mass is 9.99. The molecule has 1 N–H and O–H groups in total. The average Bonchev–Trinajstić information content (AvgIpc) is 2.94. The number of anilines is 2. The lowest BCUT2D eigenvalue weighted by Crippen LogP contribution is -2.44. The van der Waals surface area contributed by atoms with E-state index in [0.717, 1.165) is 22.7 Å². The highest BCUT2D eigenvalue weighted by Crippen LogP contribution is 2.39. The van der Waals surface area contributed by atoms with Crippen molar-refractivity contribution in [3.05, 3.63) is 96.1 Å². The lowest BCUT2D eigenvalue weighted by molar-refractivity contribution is -0.142. The molecule has 6 nitrogen and oxygen atoms in total. The summed E-state index contributed by atoms with van der Waals surface area (Å²) in [5.74, 6) is 1.12. The van der Waals surface area contributed by atoms with Crippen LogP contribution in [-0.4, -0.2) is 38.9 Å². The van der Waals surface area contributed by atoms with Crippen LogP contribution in [0.5, 0.6) is 11.5 Å². The maximum absolute atomic E-state index is 11.5. The van der Waals surface area contributed by atoms with Crippen molar-refractivity contribution in [2.24, 2.45) is 0 Å². The average molecular weight is 497 g/mol. The molecule has 5 rings (SSSR count). The highest BCUT2D eigenvalue weighted by atomic mass is 16.6. The smallest absolute Gasteiger partial charge is 0.343 e. The molecule has 6 heteroatoms. The van der Waals surface area contributed by atoms with Gasteiger partial charge in [0.05, 0.1) is 19.3 Å². The van der Waals surface area contributed by atoms with Gasteiger partial charge in [-0.1, -0.05) is 54.6 Å². The molecule has 0 aromatic heterocycles. The van der Waals surface area contributed by atoms with Crippen molar-refractivity contribution in [1.29, 1.82) is 0 Å². The van der Waals surface area contributed by atoms with Gasteiger partial charge in [-0.15, -0.1) is 0 Å². The van der Waals surface area contributed by atoms with Gasteiger partial charge in [0.2, 0.25) is 0 Å². The van der Waals surface area contributed by atoms with Gasteiger partial charge in [0.25, 0.3) is 0 Å². The van der Waals surface area contributed by atoms with Gasteiger partial charge in [-0.25, -0.2) is 4.79 Å². The number of fused-ring (bicyclic) bond motifs is 2. The monoisotopic (exact) mass is 496 g/mol. The maximum atomic E-state index is 11.5. The maximum Gasteiger partial charge on any atom is 0.343 e. The van der Waals surface area contributed by atoms with E-state index in [4.69, 9.17) is 9.47 Å². The van der Waals surface area contributed by atoms with Gasteiger partial charge in [0.1, 0.15) is 17.6 Å². The van der Waals surface area contributed by atoms with Crippen LogP contribution in [0.2, 0.25) is 0 Å². The number of methoxy groups -OCH3 is 1. The molecule has 1 aliphatic heterocycles. The van der Waals surface area contributed by atoms with E-state index in [1.54, 1.807) is 0 Å². The fourth-order valence-corrected chi connectivity index (χ4v) is 4.85. The van der Waals surface area contributed by atoms with Crippen LogP contribution in [0, 0.1) is 6.92 Å². The summed E-state index contributed by atoms with van der Waals surface area (Å²) in [6, 6.07) is 29.3. The molecule has 1 aliphatic rings. The van der Waals surface area contributed by atoms with Gasteiger partial charge in [-0.2, -0.15) is 0 Å². The Morgan fingerprint density at radius 3 is 2.68 bits per heavy atom. The van der Waals surface area contributed by atoms with Crippen molar-refractivity contribution in [3.8, 4) is 11.5 Å². The van der Waals surface area contributed by atoms with Gasteiger partial charge < -0.3 is 24.4 Å². The van der Waals surface area contributed by atoms with Crippen molar-refractivity contribution in [2.75, 3.05) is 31.7 Å². The second kappa shape index (κ2) is 10.9. The Bertz CT molecular complexity index is 1400. The number of benzene rings is 4. The number of esters is 1. The molecule has 0 saturated heterocycles. The van der Waals surface area contributed by atoms with Crippen molar-refractivity contribution < 1.29 is 19.0 Å². The second-order valence-corrected chi connectivity index (χ2v) is 9.33. The molecule has 0 saturated carbocycles. The first-order valence-electron chi connectivity index (χ1n) is 12.6. The molecule has 2 atom stereocenters. The highest BCUT2D eigenvalue weighted by Gasteiger charge is 2.27. The second-order valence-electron chi connectivity index (χ2n) is 9.33. The molecule has 190 valence electrons. The third kappa shape index (κ3) is 5.39. The molecule has 0 bridgehead atoms. The minimum absolute atomic E-state index is 0.0390. The molecule has 1 unspecified atom stereocenters. The van der Waals surface area contributed by atoms with E-state index >= 15 is 0 Å². The van der Waals surface area contributed by atoms with Crippen molar-refractivity contribution in [3.63, 3.8) is 0 Å². The van der Waals surface area contributed by atoms with Gasteiger partial charge >= 0.3 is 5.97 Å². The fourth-order valence-electron chi connectivity index (χ4n) is 4.85. The number of aryl methyl sites for hydroxylation is 1. The summed E-state index contributed by atoms with van der Waals surface area (Å²) in [6.45, 7) is 5.47. The fraction of sp³-hybridized carbons (Fsp3) is 0.258. The van der Waals surface area contributed by atoms with E-state index in [2.05, 4.69) is 76.5 Å². The van der Waals surface area contributed by atoms with Crippen LogP contribution in [0.15, 0.2) is 84.9 Å². The zero-order chi connectivity index (χ0) is 25.8. The van der Waals surface area contributed by atoms with Crippen molar-refractivity contribution >= 4 is 28.1 Å². The summed E-state index contributed by atoms with van der Waals surface area (Å²) in [6.07, 6.45) is -0.0390. The molecule has 0 amide bonds.